The van der Waals surface area contributed by atoms with Gasteiger partial charge in [0.2, 0.25) is 5.91 Å². The van der Waals surface area contributed by atoms with E-state index >= 15 is 0 Å². The molecule has 4 nitrogen and oxygen atoms in total. The van der Waals surface area contributed by atoms with E-state index in [9.17, 15) is 9.90 Å². The van der Waals surface area contributed by atoms with Crippen LogP contribution >= 0.6 is 0 Å². The lowest BCUT2D eigenvalue weighted by molar-refractivity contribution is -0.131. The molecule has 4 rings (SSSR count). The predicted octanol–water partition coefficient (Wildman–Crippen LogP) is 2.51. The van der Waals surface area contributed by atoms with Crippen molar-refractivity contribution in [2.75, 3.05) is 19.6 Å². The molecule has 2 aromatic carbocycles. The van der Waals surface area contributed by atoms with Crippen LogP contribution in [-0.2, 0) is 23.5 Å². The molecular formula is C21H24N2O2. The minimum absolute atomic E-state index is 0.141. The minimum Gasteiger partial charge on any atom is -0.383 e. The Labute approximate surface area is 148 Å². The van der Waals surface area contributed by atoms with Crippen molar-refractivity contribution in [3.8, 4) is 0 Å². The van der Waals surface area contributed by atoms with Gasteiger partial charge in [0.1, 0.15) is 5.60 Å². The van der Waals surface area contributed by atoms with Crippen LogP contribution in [0.25, 0.3) is 0 Å². The fraction of sp³-hybridized carbons (Fsp3) is 0.381. The summed E-state index contributed by atoms with van der Waals surface area (Å²) < 4.78 is 0. The summed E-state index contributed by atoms with van der Waals surface area (Å²) in [6.07, 6.45) is 1.12. The van der Waals surface area contributed by atoms with Crippen molar-refractivity contribution >= 4 is 5.91 Å². The summed E-state index contributed by atoms with van der Waals surface area (Å²) in [6.45, 7) is 3.66. The number of β-amino-alcohol motifs (C(OH)–C–C–N with tert-alkyl or cyclic N) is 1. The Morgan fingerprint density at radius 1 is 1.00 bits per heavy atom. The molecule has 1 fully saturated rings. The molecule has 0 saturated carbocycles. The summed E-state index contributed by atoms with van der Waals surface area (Å²) in [4.78, 5) is 16.7. The first-order valence-corrected chi connectivity index (χ1v) is 8.99. The van der Waals surface area contributed by atoms with E-state index in [4.69, 9.17) is 0 Å². The number of fused-ring (bicyclic) bond motifs is 1. The second-order valence-electron chi connectivity index (χ2n) is 7.19. The monoisotopic (exact) mass is 336 g/mol. The minimum atomic E-state index is -0.902. The van der Waals surface area contributed by atoms with Gasteiger partial charge in [-0.2, -0.15) is 0 Å². The third-order valence-electron chi connectivity index (χ3n) is 5.46. The van der Waals surface area contributed by atoms with Crippen LogP contribution in [-0.4, -0.2) is 40.4 Å². The van der Waals surface area contributed by atoms with Crippen LogP contribution in [0.2, 0.25) is 0 Å². The van der Waals surface area contributed by atoms with Crippen molar-refractivity contribution in [3.63, 3.8) is 0 Å². The third-order valence-corrected chi connectivity index (χ3v) is 5.46. The lowest BCUT2D eigenvalue weighted by atomic mass is 9.93. The van der Waals surface area contributed by atoms with Crippen LogP contribution < -0.4 is 0 Å². The van der Waals surface area contributed by atoms with Crippen LogP contribution in [0.5, 0.6) is 0 Å². The van der Waals surface area contributed by atoms with E-state index in [2.05, 4.69) is 29.2 Å². The molecule has 2 aliphatic heterocycles. The topological polar surface area (TPSA) is 43.8 Å². The number of rotatable bonds is 4. The number of hydrogen-bond donors (Lipinski definition) is 1. The van der Waals surface area contributed by atoms with Crippen LogP contribution in [0.15, 0.2) is 54.6 Å². The highest BCUT2D eigenvalue weighted by Crippen LogP contribution is 2.32. The number of benzene rings is 2. The van der Waals surface area contributed by atoms with E-state index in [1.54, 1.807) is 0 Å². The highest BCUT2D eigenvalue weighted by atomic mass is 16.3. The first-order chi connectivity index (χ1) is 12.1. The van der Waals surface area contributed by atoms with Gasteiger partial charge in [0.15, 0.2) is 0 Å². The number of likely N-dealkylation sites (tertiary alicyclic amines) is 1. The first kappa shape index (κ1) is 16.3. The maximum absolute atomic E-state index is 12.6. The van der Waals surface area contributed by atoms with Gasteiger partial charge in [-0.25, -0.2) is 0 Å². The van der Waals surface area contributed by atoms with Crippen LogP contribution in [0.3, 0.4) is 0 Å². The Morgan fingerprint density at radius 3 is 2.32 bits per heavy atom. The Bertz CT molecular complexity index is 737. The second-order valence-corrected chi connectivity index (χ2v) is 7.19. The molecule has 0 spiro atoms. The molecule has 1 N–H and O–H groups in total. The zero-order chi connectivity index (χ0) is 17.3. The van der Waals surface area contributed by atoms with E-state index in [1.807, 2.05) is 35.2 Å². The van der Waals surface area contributed by atoms with E-state index < -0.39 is 5.60 Å². The smallest absolute Gasteiger partial charge is 0.223 e. The summed E-state index contributed by atoms with van der Waals surface area (Å²) in [5.74, 6) is 0.141. The molecule has 0 aromatic heterocycles. The Morgan fingerprint density at radius 2 is 1.64 bits per heavy atom. The number of carbonyl (C=O) groups is 1. The SMILES string of the molecule is O=C(CCN1Cc2ccccc2C1)N1CCC(O)(c2ccccc2)C1. The lowest BCUT2D eigenvalue weighted by Crippen LogP contribution is -2.35. The van der Waals surface area contributed by atoms with Gasteiger partial charge < -0.3 is 10.0 Å². The molecule has 1 amide bonds. The fourth-order valence-electron chi connectivity index (χ4n) is 3.96. The number of carbonyl (C=O) groups excluding carboxylic acids is 1. The molecule has 1 unspecified atom stereocenters. The van der Waals surface area contributed by atoms with Gasteiger partial charge in [0.25, 0.3) is 0 Å². The van der Waals surface area contributed by atoms with Crippen molar-refractivity contribution < 1.29 is 9.90 Å². The van der Waals surface area contributed by atoms with Crippen LogP contribution in [0.4, 0.5) is 0 Å². The highest BCUT2D eigenvalue weighted by molar-refractivity contribution is 5.77. The standard InChI is InChI=1S/C21H24N2O2/c24-20(10-12-22-14-17-6-4-5-7-18(17)15-22)23-13-11-21(25,16-23)19-8-2-1-3-9-19/h1-9,25H,10-16H2. The van der Waals surface area contributed by atoms with Crippen molar-refractivity contribution in [2.24, 2.45) is 0 Å². The molecular weight excluding hydrogens is 312 g/mol. The highest BCUT2D eigenvalue weighted by Gasteiger charge is 2.39. The second kappa shape index (κ2) is 6.62. The normalized spacial score (nSPS) is 23.0. The van der Waals surface area contributed by atoms with E-state index in [0.29, 0.717) is 25.9 Å². The van der Waals surface area contributed by atoms with Gasteiger partial charge in [-0.3, -0.25) is 9.69 Å². The van der Waals surface area contributed by atoms with Gasteiger partial charge in [-0.1, -0.05) is 54.6 Å². The molecule has 2 heterocycles. The fourth-order valence-corrected chi connectivity index (χ4v) is 3.96. The number of hydrogen-bond acceptors (Lipinski definition) is 3. The van der Waals surface area contributed by atoms with Gasteiger partial charge in [-0.05, 0) is 23.1 Å². The Kier molecular flexibility index (Phi) is 4.32. The Hall–Kier alpha value is -2.17. The summed E-state index contributed by atoms with van der Waals surface area (Å²) in [5, 5.41) is 10.9. The predicted molar refractivity (Wildman–Crippen MR) is 96.7 cm³/mol. The molecule has 2 aliphatic rings. The van der Waals surface area contributed by atoms with Gasteiger partial charge in [0, 0.05) is 32.6 Å². The van der Waals surface area contributed by atoms with Crippen molar-refractivity contribution in [2.45, 2.75) is 31.5 Å². The molecule has 1 atom stereocenters. The maximum atomic E-state index is 12.6. The van der Waals surface area contributed by atoms with Crippen molar-refractivity contribution in [3.05, 3.63) is 71.3 Å². The number of nitrogens with zero attached hydrogens (tertiary/aromatic N) is 2. The summed E-state index contributed by atoms with van der Waals surface area (Å²) in [5.41, 5.74) is 2.74. The lowest BCUT2D eigenvalue weighted by Gasteiger charge is -2.24. The molecule has 4 heteroatoms. The van der Waals surface area contributed by atoms with E-state index in [-0.39, 0.29) is 5.91 Å². The van der Waals surface area contributed by atoms with Crippen molar-refractivity contribution in [1.29, 1.82) is 0 Å². The number of aliphatic hydroxyl groups is 1. The third kappa shape index (κ3) is 3.32. The average Bonchev–Trinajstić information content (AvgIpc) is 3.24. The van der Waals surface area contributed by atoms with Crippen LogP contribution in [0.1, 0.15) is 29.5 Å². The molecule has 130 valence electrons. The summed E-state index contributed by atoms with van der Waals surface area (Å²) in [6, 6.07) is 18.2. The van der Waals surface area contributed by atoms with Gasteiger partial charge >= 0.3 is 0 Å². The Balaban J connectivity index is 1.31. The van der Waals surface area contributed by atoms with Gasteiger partial charge in [0.05, 0.1) is 6.54 Å². The molecule has 0 bridgehead atoms. The zero-order valence-corrected chi connectivity index (χ0v) is 14.4. The average molecular weight is 336 g/mol. The number of amides is 1. The zero-order valence-electron chi connectivity index (χ0n) is 14.4. The molecule has 0 radical (unpaired) electrons. The van der Waals surface area contributed by atoms with Gasteiger partial charge in [-0.15, -0.1) is 0 Å². The quantitative estimate of drug-likeness (QED) is 0.933. The maximum Gasteiger partial charge on any atom is 0.223 e. The first-order valence-electron chi connectivity index (χ1n) is 8.99. The van der Waals surface area contributed by atoms with Crippen LogP contribution in [0, 0.1) is 0 Å². The summed E-state index contributed by atoms with van der Waals surface area (Å²) >= 11 is 0. The van der Waals surface area contributed by atoms with E-state index in [0.717, 1.165) is 25.2 Å². The molecule has 25 heavy (non-hydrogen) atoms. The largest absolute Gasteiger partial charge is 0.383 e. The molecule has 2 aromatic rings. The van der Waals surface area contributed by atoms with E-state index in [1.165, 1.54) is 11.1 Å². The summed E-state index contributed by atoms with van der Waals surface area (Å²) in [7, 11) is 0. The van der Waals surface area contributed by atoms with Crippen molar-refractivity contribution in [1.82, 2.24) is 9.80 Å². The molecule has 1 saturated heterocycles. The molecule has 0 aliphatic carbocycles.